The zero-order valence-corrected chi connectivity index (χ0v) is 13.1. The van der Waals surface area contributed by atoms with E-state index >= 15 is 0 Å². The van der Waals surface area contributed by atoms with Crippen molar-refractivity contribution in [2.75, 3.05) is 11.9 Å². The number of esters is 1. The fourth-order valence-corrected chi connectivity index (χ4v) is 2.20. The summed E-state index contributed by atoms with van der Waals surface area (Å²) in [6.45, 7) is 5.73. The molecule has 6 nitrogen and oxygen atoms in total. The third-order valence-electron chi connectivity index (χ3n) is 3.39. The first-order valence-electron chi connectivity index (χ1n) is 7.02. The molecule has 22 heavy (non-hydrogen) atoms. The molecule has 0 atom stereocenters. The van der Waals surface area contributed by atoms with Crippen molar-refractivity contribution in [1.82, 2.24) is 9.78 Å². The number of rotatable bonds is 4. The lowest BCUT2D eigenvalue weighted by Crippen LogP contribution is -2.14. The van der Waals surface area contributed by atoms with Gasteiger partial charge < -0.3 is 10.1 Å². The van der Waals surface area contributed by atoms with E-state index in [1.807, 2.05) is 6.92 Å². The summed E-state index contributed by atoms with van der Waals surface area (Å²) in [5.41, 5.74) is 3.12. The largest absolute Gasteiger partial charge is 0.462 e. The Morgan fingerprint density at radius 3 is 2.36 bits per heavy atom. The highest BCUT2D eigenvalue weighted by molar-refractivity contribution is 6.06. The van der Waals surface area contributed by atoms with Crippen molar-refractivity contribution in [3.05, 3.63) is 46.8 Å². The maximum Gasteiger partial charge on any atom is 0.338 e. The van der Waals surface area contributed by atoms with Crippen molar-refractivity contribution in [2.45, 2.75) is 20.8 Å². The molecule has 1 aromatic heterocycles. The number of amides is 1. The highest BCUT2D eigenvalue weighted by atomic mass is 16.5. The molecule has 0 aliphatic rings. The second-order valence-corrected chi connectivity index (χ2v) is 4.92. The Labute approximate surface area is 129 Å². The van der Waals surface area contributed by atoms with Crippen molar-refractivity contribution in [2.24, 2.45) is 7.05 Å². The van der Waals surface area contributed by atoms with Gasteiger partial charge in [-0.15, -0.1) is 0 Å². The smallest absolute Gasteiger partial charge is 0.338 e. The average Bonchev–Trinajstić information content (AvgIpc) is 2.73. The first-order chi connectivity index (χ1) is 10.4. The van der Waals surface area contributed by atoms with Gasteiger partial charge in [-0.2, -0.15) is 5.10 Å². The summed E-state index contributed by atoms with van der Waals surface area (Å²) < 4.78 is 6.59. The Morgan fingerprint density at radius 1 is 1.23 bits per heavy atom. The summed E-state index contributed by atoms with van der Waals surface area (Å²) in [6.07, 6.45) is 0. The molecule has 0 bridgehead atoms. The Kier molecular flexibility index (Phi) is 4.60. The molecule has 1 amide bonds. The van der Waals surface area contributed by atoms with Gasteiger partial charge in [0.15, 0.2) is 0 Å². The van der Waals surface area contributed by atoms with Gasteiger partial charge in [0.05, 0.1) is 23.4 Å². The molecule has 0 aliphatic carbocycles. The molecular weight excluding hydrogens is 282 g/mol. The molecule has 2 aromatic rings. The van der Waals surface area contributed by atoms with Crippen LogP contribution in [-0.4, -0.2) is 28.3 Å². The standard InChI is InChI=1S/C16H19N3O3/c1-5-22-16(21)12-6-8-13(9-7-12)17-15(20)14-10(2)18-19(4)11(14)3/h6-9H,5H2,1-4H3,(H,17,20). The van der Waals surface area contributed by atoms with Gasteiger partial charge in [0.25, 0.3) is 5.91 Å². The zero-order chi connectivity index (χ0) is 16.3. The van der Waals surface area contributed by atoms with E-state index in [-0.39, 0.29) is 11.9 Å². The second kappa shape index (κ2) is 6.43. The summed E-state index contributed by atoms with van der Waals surface area (Å²) in [5.74, 6) is -0.591. The van der Waals surface area contributed by atoms with Crippen molar-refractivity contribution >= 4 is 17.6 Å². The Hall–Kier alpha value is -2.63. The van der Waals surface area contributed by atoms with Crippen molar-refractivity contribution in [3.63, 3.8) is 0 Å². The summed E-state index contributed by atoms with van der Waals surface area (Å²) >= 11 is 0. The number of carbonyl (C=O) groups excluding carboxylic acids is 2. The van der Waals surface area contributed by atoms with E-state index in [0.29, 0.717) is 29.1 Å². The van der Waals surface area contributed by atoms with Crippen LogP contribution in [0.25, 0.3) is 0 Å². The lowest BCUT2D eigenvalue weighted by Gasteiger charge is -2.07. The number of aryl methyl sites for hydroxylation is 2. The van der Waals surface area contributed by atoms with E-state index < -0.39 is 0 Å². The van der Waals surface area contributed by atoms with Crippen LogP contribution in [0, 0.1) is 13.8 Å². The Bertz CT molecular complexity index is 702. The van der Waals surface area contributed by atoms with Crippen molar-refractivity contribution in [1.29, 1.82) is 0 Å². The number of hydrogen-bond acceptors (Lipinski definition) is 4. The number of carbonyl (C=O) groups is 2. The summed E-state index contributed by atoms with van der Waals surface area (Å²) in [5, 5.41) is 7.03. The van der Waals surface area contributed by atoms with Crippen LogP contribution in [0.1, 0.15) is 39.0 Å². The SMILES string of the molecule is CCOC(=O)c1ccc(NC(=O)c2c(C)nn(C)c2C)cc1. The van der Waals surface area contributed by atoms with Gasteiger partial charge in [-0.25, -0.2) is 4.79 Å². The van der Waals surface area contributed by atoms with Gasteiger partial charge in [0.1, 0.15) is 0 Å². The van der Waals surface area contributed by atoms with Crippen LogP contribution < -0.4 is 5.32 Å². The maximum absolute atomic E-state index is 12.3. The average molecular weight is 301 g/mol. The number of anilines is 1. The van der Waals surface area contributed by atoms with Crippen LogP contribution in [0.2, 0.25) is 0 Å². The van der Waals surface area contributed by atoms with E-state index in [4.69, 9.17) is 4.74 Å². The van der Waals surface area contributed by atoms with Gasteiger partial charge in [-0.05, 0) is 45.0 Å². The quantitative estimate of drug-likeness (QED) is 0.880. The predicted octanol–water partition coefficient (Wildman–Crippen LogP) is 2.47. The van der Waals surface area contributed by atoms with Crippen LogP contribution in [0.15, 0.2) is 24.3 Å². The fraction of sp³-hybridized carbons (Fsp3) is 0.312. The Morgan fingerprint density at radius 2 is 1.86 bits per heavy atom. The van der Waals surface area contributed by atoms with Gasteiger partial charge in [-0.1, -0.05) is 0 Å². The molecule has 1 aromatic carbocycles. The van der Waals surface area contributed by atoms with Gasteiger partial charge >= 0.3 is 5.97 Å². The van der Waals surface area contributed by atoms with E-state index in [9.17, 15) is 9.59 Å². The number of benzene rings is 1. The van der Waals surface area contributed by atoms with E-state index in [1.54, 1.807) is 49.8 Å². The van der Waals surface area contributed by atoms with Crippen LogP contribution in [0.3, 0.4) is 0 Å². The number of nitrogens with zero attached hydrogens (tertiary/aromatic N) is 2. The van der Waals surface area contributed by atoms with Crippen LogP contribution in [-0.2, 0) is 11.8 Å². The first kappa shape index (κ1) is 15.8. The van der Waals surface area contributed by atoms with Crippen molar-refractivity contribution in [3.8, 4) is 0 Å². The highest BCUT2D eigenvalue weighted by Crippen LogP contribution is 2.16. The molecule has 0 radical (unpaired) electrons. The normalized spacial score (nSPS) is 10.4. The topological polar surface area (TPSA) is 73.2 Å². The Balaban J connectivity index is 2.14. The lowest BCUT2D eigenvalue weighted by molar-refractivity contribution is 0.0526. The van der Waals surface area contributed by atoms with Gasteiger partial charge in [0.2, 0.25) is 0 Å². The molecule has 0 saturated carbocycles. The fourth-order valence-electron chi connectivity index (χ4n) is 2.20. The molecule has 116 valence electrons. The molecule has 2 rings (SSSR count). The summed E-state index contributed by atoms with van der Waals surface area (Å²) in [6, 6.07) is 6.59. The van der Waals surface area contributed by atoms with Crippen LogP contribution >= 0.6 is 0 Å². The molecule has 6 heteroatoms. The number of ether oxygens (including phenoxy) is 1. The molecule has 0 spiro atoms. The minimum Gasteiger partial charge on any atom is -0.462 e. The molecule has 1 heterocycles. The maximum atomic E-state index is 12.3. The molecule has 1 N–H and O–H groups in total. The zero-order valence-electron chi connectivity index (χ0n) is 13.1. The number of nitrogens with one attached hydrogen (secondary N) is 1. The predicted molar refractivity (Wildman–Crippen MR) is 83.0 cm³/mol. The van der Waals surface area contributed by atoms with Crippen LogP contribution in [0.4, 0.5) is 5.69 Å². The second-order valence-electron chi connectivity index (χ2n) is 4.92. The third kappa shape index (κ3) is 3.16. The van der Waals surface area contributed by atoms with E-state index in [1.165, 1.54) is 0 Å². The van der Waals surface area contributed by atoms with Gasteiger partial charge in [0, 0.05) is 18.4 Å². The van der Waals surface area contributed by atoms with Crippen LogP contribution in [0.5, 0.6) is 0 Å². The minimum atomic E-state index is -0.376. The highest BCUT2D eigenvalue weighted by Gasteiger charge is 2.17. The van der Waals surface area contributed by atoms with E-state index in [2.05, 4.69) is 10.4 Å². The van der Waals surface area contributed by atoms with E-state index in [0.717, 1.165) is 5.69 Å². The number of hydrogen-bond donors (Lipinski definition) is 1. The summed E-state index contributed by atoms with van der Waals surface area (Å²) in [4.78, 5) is 23.9. The molecule has 0 fully saturated rings. The number of aromatic nitrogens is 2. The lowest BCUT2D eigenvalue weighted by atomic mass is 10.1. The molecule has 0 unspecified atom stereocenters. The molecule has 0 saturated heterocycles. The monoisotopic (exact) mass is 301 g/mol. The van der Waals surface area contributed by atoms with Gasteiger partial charge in [-0.3, -0.25) is 9.48 Å². The van der Waals surface area contributed by atoms with Crippen molar-refractivity contribution < 1.29 is 14.3 Å². The minimum absolute atomic E-state index is 0.216. The summed E-state index contributed by atoms with van der Waals surface area (Å²) in [7, 11) is 1.80. The molecule has 0 aliphatic heterocycles. The third-order valence-corrected chi connectivity index (χ3v) is 3.39. The molecular formula is C16H19N3O3. The first-order valence-corrected chi connectivity index (χ1v) is 7.02.